The Balaban J connectivity index is 0.00000760. The third kappa shape index (κ3) is 9.66. The van der Waals surface area contributed by atoms with Gasteiger partial charge in [-0.1, -0.05) is 0 Å². The molecule has 2 unspecified atom stereocenters. The molecule has 2 saturated heterocycles. The smallest absolute Gasteiger partial charge is 0.238 e. The SMILES string of the molecule is O=C(N[C@H]1C(O)O[C@H](CO)[C@@H](O)[C@@H]1O)[C@H](CS)NCCN[C@@H](CS)C(=O)N[C@H]1C(O)O[C@H](CO)[C@@H](O)[C@@H]1O.[68Ga]. The molecular weight excluding hydrogens is 620 g/mol. The van der Waals surface area contributed by atoms with Crippen molar-refractivity contribution in [3.63, 3.8) is 0 Å². The van der Waals surface area contributed by atoms with E-state index in [4.69, 9.17) is 19.7 Å². The Morgan fingerprint density at radius 3 is 1.28 bits per heavy atom. The maximum absolute atomic E-state index is 12.6. The number of aliphatic hydroxyl groups excluding tert-OH is 8. The van der Waals surface area contributed by atoms with Crippen molar-refractivity contribution in [1.82, 2.24) is 21.3 Å². The van der Waals surface area contributed by atoms with E-state index in [0.29, 0.717) is 0 Å². The quantitative estimate of drug-likeness (QED) is 0.0498. The van der Waals surface area contributed by atoms with Crippen LogP contribution in [0, 0.1) is 0 Å². The summed E-state index contributed by atoms with van der Waals surface area (Å²) < 4.78 is 10.0. The van der Waals surface area contributed by atoms with E-state index in [1.807, 2.05) is 0 Å². The number of nitrogens with one attached hydrogen (secondary N) is 4. The standard InChI is InChI=1S/C20H38N4O12S2.Ga/c25-3-9-13(27)15(29)11(19(33)35-9)23-17(31)7(5-37)21-1-2-22-8(6-38)18(32)24-12-16(30)14(28)10(4-26)36-20(12)34;/h7-16,19-22,25-30,33-34,37-38H,1-6H2,(H,23,31)(H,24,32);/t7-,8-,9+,10+,11+,12+,13+,14+,15+,16+,19?,20?;/m0./s1/i;1-2. The van der Waals surface area contributed by atoms with Gasteiger partial charge >= 0.3 is 0 Å². The van der Waals surface area contributed by atoms with Crippen molar-refractivity contribution in [2.24, 2.45) is 0 Å². The van der Waals surface area contributed by atoms with E-state index < -0.39 is 98.4 Å². The summed E-state index contributed by atoms with van der Waals surface area (Å²) in [6.45, 7) is -0.994. The molecule has 2 rings (SSSR count). The number of hydrogen-bond donors (Lipinski definition) is 14. The Morgan fingerprint density at radius 2 is 1.00 bits per heavy atom. The molecule has 0 spiro atoms. The molecule has 2 aliphatic heterocycles. The van der Waals surface area contributed by atoms with Crippen LogP contribution in [0.5, 0.6) is 0 Å². The van der Waals surface area contributed by atoms with Gasteiger partial charge < -0.3 is 71.6 Å². The van der Waals surface area contributed by atoms with E-state index in [9.17, 15) is 40.2 Å². The van der Waals surface area contributed by atoms with Crippen molar-refractivity contribution in [1.29, 1.82) is 0 Å². The summed E-state index contributed by atoms with van der Waals surface area (Å²) in [5.41, 5.74) is 0. The fourth-order valence-corrected chi connectivity index (χ4v) is 4.60. The number of thiol groups is 2. The minimum atomic E-state index is -1.67. The van der Waals surface area contributed by atoms with Gasteiger partial charge in [-0.2, -0.15) is 25.3 Å². The van der Waals surface area contributed by atoms with Gasteiger partial charge in [-0.25, -0.2) is 0 Å². The Labute approximate surface area is 248 Å². The normalized spacial score (nSPS) is 36.4. The summed E-state index contributed by atoms with van der Waals surface area (Å²) >= 11 is 8.23. The number of hydrogen-bond acceptors (Lipinski definition) is 16. The van der Waals surface area contributed by atoms with Crippen LogP contribution in [0.25, 0.3) is 0 Å². The van der Waals surface area contributed by atoms with Gasteiger partial charge in [0.05, 0.1) is 25.3 Å². The Kier molecular flexibility index (Phi) is 16.7. The summed E-state index contributed by atoms with van der Waals surface area (Å²) in [6, 6.07) is -4.52. The first-order valence-electron chi connectivity index (χ1n) is 11.9. The number of aliphatic hydroxyl groups is 8. The fourth-order valence-electron chi connectivity index (χ4n) is 4.01. The van der Waals surface area contributed by atoms with E-state index in [0.717, 1.165) is 0 Å². The Bertz CT molecular complexity index is 707. The van der Waals surface area contributed by atoms with Crippen LogP contribution in [-0.2, 0) is 19.1 Å². The molecule has 0 aromatic rings. The molecule has 0 aliphatic carbocycles. The molecule has 3 radical (unpaired) electrons. The number of amides is 2. The summed E-state index contributed by atoms with van der Waals surface area (Å²) in [4.78, 5) is 25.2. The van der Waals surface area contributed by atoms with Gasteiger partial charge in [0.15, 0.2) is 12.6 Å². The zero-order valence-electron chi connectivity index (χ0n) is 20.9. The topological polar surface area (TPSA) is 263 Å². The van der Waals surface area contributed by atoms with Gasteiger partial charge in [0.25, 0.3) is 0 Å². The van der Waals surface area contributed by atoms with Crippen LogP contribution in [0.4, 0.5) is 0 Å². The van der Waals surface area contributed by atoms with Crippen LogP contribution in [0.2, 0.25) is 0 Å². The van der Waals surface area contributed by atoms with Crippen molar-refractivity contribution >= 4 is 56.9 Å². The molecule has 2 amide bonds. The second-order valence-corrected chi connectivity index (χ2v) is 9.64. The monoisotopic (exact) mass is 658 g/mol. The second-order valence-electron chi connectivity index (χ2n) is 8.91. The van der Waals surface area contributed by atoms with E-state index in [1.165, 1.54) is 0 Å². The second kappa shape index (κ2) is 17.7. The minimum Gasteiger partial charge on any atom is -0.394 e. The predicted molar refractivity (Wildman–Crippen MR) is 141 cm³/mol. The molecule has 39 heavy (non-hydrogen) atoms. The third-order valence-electron chi connectivity index (χ3n) is 6.32. The number of ether oxygens (including phenoxy) is 2. The zero-order chi connectivity index (χ0) is 28.6. The average Bonchev–Trinajstić information content (AvgIpc) is 2.90. The molecule has 225 valence electrons. The van der Waals surface area contributed by atoms with Crippen LogP contribution in [0.1, 0.15) is 0 Å². The van der Waals surface area contributed by atoms with Crippen molar-refractivity contribution in [3.05, 3.63) is 0 Å². The molecule has 12 atom stereocenters. The average molecular weight is 659 g/mol. The van der Waals surface area contributed by atoms with Gasteiger partial charge in [-0.05, 0) is 0 Å². The molecule has 12 N–H and O–H groups in total. The van der Waals surface area contributed by atoms with E-state index in [-0.39, 0.29) is 44.4 Å². The molecule has 19 heteroatoms. The molecule has 2 aliphatic rings. The fraction of sp³-hybridized carbons (Fsp3) is 0.900. The van der Waals surface area contributed by atoms with Crippen LogP contribution in [0.3, 0.4) is 0 Å². The summed E-state index contributed by atoms with van der Waals surface area (Å²) in [7, 11) is 0. The first-order chi connectivity index (χ1) is 18.0. The van der Waals surface area contributed by atoms with Gasteiger partial charge in [-0.3, -0.25) is 9.59 Å². The molecule has 16 nitrogen and oxygen atoms in total. The van der Waals surface area contributed by atoms with Crippen LogP contribution < -0.4 is 21.3 Å². The predicted octanol–water partition coefficient (Wildman–Crippen LogP) is -7.79. The van der Waals surface area contributed by atoms with Crippen molar-refractivity contribution in [2.75, 3.05) is 37.8 Å². The van der Waals surface area contributed by atoms with E-state index >= 15 is 0 Å². The number of rotatable bonds is 13. The molecule has 2 heterocycles. The summed E-state index contributed by atoms with van der Waals surface area (Å²) in [5, 5.41) is 89.2. The Hall–Kier alpha value is -0.204. The maximum Gasteiger partial charge on any atom is 0.238 e. The van der Waals surface area contributed by atoms with E-state index in [2.05, 4.69) is 46.5 Å². The molecule has 0 bridgehead atoms. The molecule has 0 saturated carbocycles. The van der Waals surface area contributed by atoms with Crippen molar-refractivity contribution in [2.45, 2.75) is 73.4 Å². The van der Waals surface area contributed by atoms with Crippen LogP contribution in [0.15, 0.2) is 0 Å². The largest absolute Gasteiger partial charge is 0.394 e. The van der Waals surface area contributed by atoms with Gasteiger partial charge in [-0.15, -0.1) is 0 Å². The molecule has 0 aromatic heterocycles. The summed E-state index contributed by atoms with van der Waals surface area (Å²) in [5.74, 6) is -1.30. The van der Waals surface area contributed by atoms with Crippen molar-refractivity contribution in [3.8, 4) is 0 Å². The number of carbonyl (C=O) groups is 2. The van der Waals surface area contributed by atoms with Gasteiger partial charge in [0.1, 0.15) is 48.7 Å². The van der Waals surface area contributed by atoms with Gasteiger partial charge in [0, 0.05) is 44.4 Å². The van der Waals surface area contributed by atoms with Gasteiger partial charge in [0.2, 0.25) is 11.8 Å². The third-order valence-corrected chi connectivity index (χ3v) is 7.05. The first kappa shape index (κ1) is 36.8. The maximum atomic E-state index is 12.6. The van der Waals surface area contributed by atoms with E-state index in [1.54, 1.807) is 0 Å². The van der Waals surface area contributed by atoms with Crippen molar-refractivity contribution < 1.29 is 59.9 Å². The summed E-state index contributed by atoms with van der Waals surface area (Å²) in [6.07, 6.45) is -12.0. The molecular formula is C20H38GaN4O12S2. The zero-order valence-corrected chi connectivity index (χ0v) is 25.1. The van der Waals surface area contributed by atoms with Crippen LogP contribution in [-0.4, -0.2) is 184 Å². The molecule has 0 aromatic carbocycles. The Morgan fingerprint density at radius 1 is 0.667 bits per heavy atom. The first-order valence-corrected chi connectivity index (χ1v) is 13.2. The number of carbonyl (C=O) groups excluding carboxylic acids is 2. The molecule has 2 fully saturated rings. The van der Waals surface area contributed by atoms with Crippen LogP contribution >= 0.6 is 25.3 Å². The minimum absolute atomic E-state index is 0.